The number of carbonyl (C=O) groups is 1. The van der Waals surface area contributed by atoms with Crippen LogP contribution in [0.2, 0.25) is 0 Å². The molecule has 1 rings (SSSR count). The van der Waals surface area contributed by atoms with E-state index in [2.05, 4.69) is 0 Å². The molecule has 0 fully saturated rings. The first-order chi connectivity index (χ1) is 8.47. The number of Topliss-reactive ketones (excluding diaryl/α,β-unsaturated/α-hetero) is 1. The first-order valence-corrected chi connectivity index (χ1v) is 5.86. The van der Waals surface area contributed by atoms with E-state index in [1.54, 1.807) is 0 Å². The smallest absolute Gasteiger partial charge is 0.154 e. The van der Waals surface area contributed by atoms with E-state index >= 15 is 0 Å². The summed E-state index contributed by atoms with van der Waals surface area (Å²) in [5.74, 6) is -2.78. The Morgan fingerprint density at radius 3 is 2.33 bits per heavy atom. The van der Waals surface area contributed by atoms with Crippen LogP contribution in [0.1, 0.15) is 38.2 Å². The van der Waals surface area contributed by atoms with Gasteiger partial charge in [-0.05, 0) is 23.6 Å². The predicted molar refractivity (Wildman–Crippen MR) is 63.8 cm³/mol. The highest BCUT2D eigenvalue weighted by Crippen LogP contribution is 2.22. The van der Waals surface area contributed by atoms with Gasteiger partial charge in [-0.25, -0.2) is 8.78 Å². The monoisotopic (exact) mass is 251 g/mol. The van der Waals surface area contributed by atoms with Gasteiger partial charge in [0.2, 0.25) is 0 Å². The highest BCUT2D eigenvalue weighted by atomic mass is 19.1. The number of carbonyl (C=O) groups excluding carboxylic acids is 1. The van der Waals surface area contributed by atoms with Crippen LogP contribution in [0.3, 0.4) is 0 Å². The number of halogens is 2. The first kappa shape index (κ1) is 14.3. The minimum atomic E-state index is -1.09. The fourth-order valence-corrected chi connectivity index (χ4v) is 1.68. The molecule has 2 nitrogen and oxygen atoms in total. The summed E-state index contributed by atoms with van der Waals surface area (Å²) >= 11 is 0. The van der Waals surface area contributed by atoms with Crippen molar-refractivity contribution < 1.29 is 13.6 Å². The Labute approximate surface area is 105 Å². The summed E-state index contributed by atoms with van der Waals surface area (Å²) in [5, 5.41) is 9.00. The lowest BCUT2D eigenvalue weighted by molar-refractivity contribution is -0.120. The normalized spacial score (nSPS) is 13.7. The maximum Gasteiger partial charge on any atom is 0.154 e. The molecule has 0 saturated carbocycles. The van der Waals surface area contributed by atoms with Crippen molar-refractivity contribution in [2.75, 3.05) is 0 Å². The van der Waals surface area contributed by atoms with Gasteiger partial charge >= 0.3 is 0 Å². The van der Waals surface area contributed by atoms with Gasteiger partial charge in [0.15, 0.2) is 5.78 Å². The van der Waals surface area contributed by atoms with Gasteiger partial charge in [-0.2, -0.15) is 5.26 Å². The molecule has 0 bridgehead atoms. The van der Waals surface area contributed by atoms with Crippen molar-refractivity contribution in [3.63, 3.8) is 0 Å². The van der Waals surface area contributed by atoms with Gasteiger partial charge < -0.3 is 0 Å². The lowest BCUT2D eigenvalue weighted by atomic mass is 9.90. The van der Waals surface area contributed by atoms with Crippen LogP contribution in [-0.2, 0) is 4.79 Å². The van der Waals surface area contributed by atoms with Crippen molar-refractivity contribution in [2.45, 2.75) is 32.6 Å². The van der Waals surface area contributed by atoms with Crippen LogP contribution in [0.5, 0.6) is 0 Å². The third-order valence-electron chi connectivity index (χ3n) is 2.92. The number of ketones is 1. The average Bonchev–Trinajstić information content (AvgIpc) is 2.28. The Balaban J connectivity index is 2.96. The lowest BCUT2D eigenvalue weighted by Crippen LogP contribution is -2.14. The van der Waals surface area contributed by atoms with Gasteiger partial charge in [-0.3, -0.25) is 4.79 Å². The second-order valence-electron chi connectivity index (χ2n) is 4.45. The lowest BCUT2D eigenvalue weighted by Gasteiger charge is -2.12. The van der Waals surface area contributed by atoms with E-state index in [1.165, 1.54) is 0 Å². The van der Waals surface area contributed by atoms with Gasteiger partial charge in [0, 0.05) is 12.5 Å². The van der Waals surface area contributed by atoms with Crippen LogP contribution in [0.25, 0.3) is 0 Å². The summed E-state index contributed by atoms with van der Waals surface area (Å²) in [6, 6.07) is 4.60. The van der Waals surface area contributed by atoms with Crippen LogP contribution >= 0.6 is 0 Å². The zero-order chi connectivity index (χ0) is 13.7. The highest BCUT2D eigenvalue weighted by molar-refractivity contribution is 5.88. The van der Waals surface area contributed by atoms with Crippen LogP contribution in [0.4, 0.5) is 8.78 Å². The molecule has 0 N–H and O–H groups in total. The largest absolute Gasteiger partial charge is 0.298 e. The third kappa shape index (κ3) is 3.63. The summed E-state index contributed by atoms with van der Waals surface area (Å²) in [6.07, 6.45) is 1.06. The summed E-state index contributed by atoms with van der Waals surface area (Å²) in [4.78, 5) is 11.9. The first-order valence-electron chi connectivity index (χ1n) is 5.86. The van der Waals surface area contributed by atoms with E-state index < -0.39 is 17.6 Å². The standard InChI is InChI=1S/C14H15F2NO/c1-3-9(2)4-14(18)13(8-17)10-5-11(15)7-12(16)6-10/h5-7,9,13H,3-4H2,1-2H3. The average molecular weight is 251 g/mol. The summed E-state index contributed by atoms with van der Waals surface area (Å²) in [5.41, 5.74) is 0.0864. The molecule has 0 aliphatic rings. The fraction of sp³-hybridized carbons (Fsp3) is 0.429. The Kier molecular flexibility index (Phi) is 4.96. The maximum absolute atomic E-state index is 13.1. The molecule has 2 unspecified atom stereocenters. The van der Waals surface area contributed by atoms with Gasteiger partial charge in [0.25, 0.3) is 0 Å². The van der Waals surface area contributed by atoms with Crippen LogP contribution in [-0.4, -0.2) is 5.78 Å². The van der Waals surface area contributed by atoms with Gasteiger partial charge in [-0.1, -0.05) is 20.3 Å². The molecule has 0 saturated heterocycles. The van der Waals surface area contributed by atoms with Gasteiger partial charge in [-0.15, -0.1) is 0 Å². The van der Waals surface area contributed by atoms with E-state index in [4.69, 9.17) is 5.26 Å². The van der Waals surface area contributed by atoms with Crippen LogP contribution in [0, 0.1) is 28.9 Å². The second-order valence-corrected chi connectivity index (χ2v) is 4.45. The molecule has 96 valence electrons. The summed E-state index contributed by atoms with van der Waals surface area (Å²) < 4.78 is 26.1. The minimum Gasteiger partial charge on any atom is -0.298 e. The fourth-order valence-electron chi connectivity index (χ4n) is 1.68. The molecule has 0 aliphatic carbocycles. The van der Waals surface area contributed by atoms with Crippen molar-refractivity contribution in [3.8, 4) is 6.07 Å². The number of hydrogen-bond donors (Lipinski definition) is 0. The zero-order valence-corrected chi connectivity index (χ0v) is 10.4. The van der Waals surface area contributed by atoms with E-state index in [1.807, 2.05) is 19.9 Å². The van der Waals surface area contributed by atoms with Gasteiger partial charge in [0.05, 0.1) is 6.07 Å². The molecule has 0 aromatic heterocycles. The highest BCUT2D eigenvalue weighted by Gasteiger charge is 2.22. The number of hydrogen-bond acceptors (Lipinski definition) is 2. The molecule has 18 heavy (non-hydrogen) atoms. The molecule has 0 aliphatic heterocycles. The molecule has 2 atom stereocenters. The topological polar surface area (TPSA) is 40.9 Å². The molecular formula is C14H15F2NO. The van der Waals surface area contributed by atoms with E-state index in [9.17, 15) is 13.6 Å². The van der Waals surface area contributed by atoms with Crippen molar-refractivity contribution in [1.82, 2.24) is 0 Å². The molecule has 1 aromatic carbocycles. The summed E-state index contributed by atoms with van der Waals surface area (Å²) in [6.45, 7) is 3.85. The van der Waals surface area contributed by atoms with E-state index in [0.717, 1.165) is 24.6 Å². The van der Waals surface area contributed by atoms with Crippen molar-refractivity contribution in [3.05, 3.63) is 35.4 Å². The number of rotatable bonds is 5. The van der Waals surface area contributed by atoms with Crippen LogP contribution in [0.15, 0.2) is 18.2 Å². The molecule has 1 aromatic rings. The SMILES string of the molecule is CCC(C)CC(=O)C(C#N)c1cc(F)cc(F)c1. The number of nitriles is 1. The van der Waals surface area contributed by atoms with Crippen molar-refractivity contribution in [2.24, 2.45) is 5.92 Å². The Bertz CT molecular complexity index is 459. The zero-order valence-electron chi connectivity index (χ0n) is 10.4. The number of nitrogens with zero attached hydrogens (tertiary/aromatic N) is 1. The summed E-state index contributed by atoms with van der Waals surface area (Å²) in [7, 11) is 0. The molecule has 0 radical (unpaired) electrons. The van der Waals surface area contributed by atoms with E-state index in [0.29, 0.717) is 0 Å². The second kappa shape index (κ2) is 6.25. The molecule has 0 amide bonds. The quantitative estimate of drug-likeness (QED) is 0.802. The Hall–Kier alpha value is -1.76. The molecule has 0 spiro atoms. The Morgan fingerprint density at radius 1 is 1.33 bits per heavy atom. The molecule has 0 heterocycles. The minimum absolute atomic E-state index is 0.0864. The third-order valence-corrected chi connectivity index (χ3v) is 2.92. The number of benzene rings is 1. The Morgan fingerprint density at radius 2 is 1.89 bits per heavy atom. The van der Waals surface area contributed by atoms with Crippen molar-refractivity contribution >= 4 is 5.78 Å². The maximum atomic E-state index is 13.1. The van der Waals surface area contributed by atoms with Crippen molar-refractivity contribution in [1.29, 1.82) is 5.26 Å². The molecular weight excluding hydrogens is 236 g/mol. The van der Waals surface area contributed by atoms with Crippen LogP contribution < -0.4 is 0 Å². The molecule has 4 heteroatoms. The van der Waals surface area contributed by atoms with E-state index in [-0.39, 0.29) is 23.7 Å². The van der Waals surface area contributed by atoms with Gasteiger partial charge in [0.1, 0.15) is 17.6 Å². The predicted octanol–water partition coefficient (Wildman–Crippen LogP) is 3.58.